The van der Waals surface area contributed by atoms with Gasteiger partial charge in [-0.05, 0) is 100 Å². The van der Waals surface area contributed by atoms with Gasteiger partial charge in [0.05, 0.1) is 17.1 Å². The maximum Gasteiger partial charge on any atom is 0.0665 e. The van der Waals surface area contributed by atoms with Crippen molar-refractivity contribution in [2.75, 3.05) is 0 Å². The average molecular weight is 922 g/mol. The molecular weight excluding hydrogens is 819 g/mol. The van der Waals surface area contributed by atoms with Crippen LogP contribution in [-0.4, -0.2) is 11.9 Å². The fourth-order valence-corrected chi connectivity index (χ4v) is 8.89. The molecule has 2 aromatic carbocycles. The third-order valence-corrected chi connectivity index (χ3v) is 13.1. The zero-order valence-corrected chi connectivity index (χ0v) is 43.5. The molecule has 0 aliphatic carbocycles. The molecule has 0 saturated heterocycles. The van der Waals surface area contributed by atoms with Crippen molar-refractivity contribution in [3.05, 3.63) is 84.0 Å². The molecule has 0 saturated carbocycles. The van der Waals surface area contributed by atoms with Crippen LogP contribution in [0.15, 0.2) is 82.8 Å². The van der Waals surface area contributed by atoms with Crippen LogP contribution < -0.4 is 0 Å². The summed E-state index contributed by atoms with van der Waals surface area (Å²) >= 11 is 0. The fourth-order valence-electron chi connectivity index (χ4n) is 8.89. The second-order valence-corrected chi connectivity index (χ2v) is 19.1. The molecular formula is C61H102N2Ni. The largest absolute Gasteiger partial charge is 0.255 e. The molecule has 0 amide bonds. The topological polar surface area (TPSA) is 24.7 Å². The van der Waals surface area contributed by atoms with Gasteiger partial charge in [0.25, 0.3) is 0 Å². The molecule has 0 bridgehead atoms. The number of nitrogens with zero attached hydrogens (tertiary/aromatic N) is 2. The van der Waals surface area contributed by atoms with Crippen molar-refractivity contribution in [1.29, 1.82) is 0 Å². The van der Waals surface area contributed by atoms with E-state index >= 15 is 0 Å². The van der Waals surface area contributed by atoms with Crippen LogP contribution in [0, 0.1) is 0 Å². The summed E-state index contributed by atoms with van der Waals surface area (Å²) < 4.78 is 0. The molecule has 0 heterocycles. The number of benzene rings is 2. The van der Waals surface area contributed by atoms with Gasteiger partial charge in [-0.25, -0.2) is 0 Å². The van der Waals surface area contributed by atoms with Crippen molar-refractivity contribution >= 4 is 23.3 Å². The fraction of sp³-hybridized carbons (Fsp3) is 0.705. The van der Waals surface area contributed by atoms with Crippen LogP contribution in [0.5, 0.6) is 0 Å². The molecule has 0 aliphatic rings. The quantitative estimate of drug-likeness (QED) is 0.0274. The minimum atomic E-state index is 0. The molecule has 3 heteroatoms. The Kier molecular flexibility index (Phi) is 44.1. The Morgan fingerprint density at radius 3 is 1.08 bits per heavy atom. The summed E-state index contributed by atoms with van der Waals surface area (Å²) in [4.78, 5) is 10.4. The first-order chi connectivity index (χ1) is 31.3. The third kappa shape index (κ3) is 35.9. The van der Waals surface area contributed by atoms with Crippen molar-refractivity contribution in [1.82, 2.24) is 0 Å². The predicted molar refractivity (Wildman–Crippen MR) is 286 cm³/mol. The van der Waals surface area contributed by atoms with Crippen molar-refractivity contribution in [2.45, 2.75) is 278 Å². The Balaban J connectivity index is 0.0000205. The SMILES string of the molecule is CCCCCCCCCCCCCCCC/C=C/CCCc1ccccc1N=CC(CCCCC)=Nc1ccccc1CCC/C=C/CCCCCCCCCCCCCCCC.[Ni]. The molecule has 2 nitrogen and oxygen atoms in total. The summed E-state index contributed by atoms with van der Waals surface area (Å²) in [5, 5.41) is 0. The van der Waals surface area contributed by atoms with Crippen LogP contribution in [-0.2, 0) is 29.3 Å². The van der Waals surface area contributed by atoms with Gasteiger partial charge >= 0.3 is 0 Å². The van der Waals surface area contributed by atoms with Crippen LogP contribution >= 0.6 is 0 Å². The number of unbranched alkanes of at least 4 members (excludes halogenated alkanes) is 32. The Morgan fingerprint density at radius 1 is 0.359 bits per heavy atom. The van der Waals surface area contributed by atoms with Crippen LogP contribution in [0.25, 0.3) is 0 Å². The Hall–Kier alpha value is -2.25. The number of allylic oxidation sites excluding steroid dienone is 4. The Bertz CT molecular complexity index is 1400. The maximum absolute atomic E-state index is 5.27. The third-order valence-electron chi connectivity index (χ3n) is 13.1. The molecule has 2 rings (SSSR count). The first kappa shape index (κ1) is 59.8. The van der Waals surface area contributed by atoms with Gasteiger partial charge in [0.15, 0.2) is 0 Å². The van der Waals surface area contributed by atoms with Gasteiger partial charge in [-0.1, -0.05) is 261 Å². The molecule has 0 atom stereocenters. The van der Waals surface area contributed by atoms with Gasteiger partial charge in [0, 0.05) is 22.7 Å². The molecule has 366 valence electrons. The van der Waals surface area contributed by atoms with Gasteiger partial charge < -0.3 is 0 Å². The molecule has 0 unspecified atom stereocenters. The monoisotopic (exact) mass is 921 g/mol. The average Bonchev–Trinajstić information content (AvgIpc) is 3.30. The first-order valence-corrected chi connectivity index (χ1v) is 27.9. The molecule has 2 aromatic rings. The van der Waals surface area contributed by atoms with E-state index in [0.29, 0.717) is 0 Å². The minimum Gasteiger partial charge on any atom is -0.255 e. The molecule has 0 N–H and O–H groups in total. The molecule has 0 fully saturated rings. The van der Waals surface area contributed by atoms with Crippen molar-refractivity contribution in [3.63, 3.8) is 0 Å². The van der Waals surface area contributed by atoms with Gasteiger partial charge in [0.2, 0.25) is 0 Å². The van der Waals surface area contributed by atoms with Gasteiger partial charge in [-0.3, -0.25) is 9.98 Å². The van der Waals surface area contributed by atoms with Crippen molar-refractivity contribution in [3.8, 4) is 0 Å². The number of rotatable bonds is 45. The minimum absolute atomic E-state index is 0. The second kappa shape index (κ2) is 47.3. The molecule has 0 radical (unpaired) electrons. The van der Waals surface area contributed by atoms with E-state index in [1.54, 1.807) is 0 Å². The van der Waals surface area contributed by atoms with Crippen LogP contribution in [0.2, 0.25) is 0 Å². The summed E-state index contributed by atoms with van der Waals surface area (Å²) in [7, 11) is 0. The summed E-state index contributed by atoms with van der Waals surface area (Å²) in [5.41, 5.74) is 6.03. The van der Waals surface area contributed by atoms with Crippen molar-refractivity contribution < 1.29 is 16.5 Å². The number of aryl methyl sites for hydroxylation is 2. The Labute approximate surface area is 409 Å². The summed E-state index contributed by atoms with van der Waals surface area (Å²) in [5.74, 6) is 0. The van der Waals surface area contributed by atoms with Crippen molar-refractivity contribution in [2.24, 2.45) is 9.98 Å². The van der Waals surface area contributed by atoms with Gasteiger partial charge in [-0.2, -0.15) is 0 Å². The number of para-hydroxylation sites is 2. The molecule has 0 aliphatic heterocycles. The normalized spacial score (nSPS) is 12.1. The Morgan fingerprint density at radius 2 is 0.672 bits per heavy atom. The van der Waals surface area contributed by atoms with Crippen LogP contribution in [0.3, 0.4) is 0 Å². The first-order valence-electron chi connectivity index (χ1n) is 27.9. The second-order valence-electron chi connectivity index (χ2n) is 19.1. The summed E-state index contributed by atoms with van der Waals surface area (Å²) in [6.45, 7) is 6.89. The van der Waals surface area contributed by atoms with E-state index in [0.717, 1.165) is 55.6 Å². The van der Waals surface area contributed by atoms with E-state index in [4.69, 9.17) is 9.98 Å². The standard InChI is InChI=1S/C61H102N2.Ni/c1-4-7-10-12-14-16-18-20-22-24-26-28-30-32-34-36-38-40-43-49-57-51-45-47-54-60(57)62-56-59(53-42-9-6-3)63-61-55-48-46-52-58(61)50-44-41-39-37-35-33-31-29-27-25-23-21-19-17-15-13-11-8-5-2;/h36-39,45-48,51-52,54-56H,4-35,40-44,49-50,53H2,1-3H3;/b38-36+,39-37+,62-56?,63-59?;. The van der Waals surface area contributed by atoms with Crippen LogP contribution in [0.1, 0.15) is 276 Å². The smallest absolute Gasteiger partial charge is 0.0665 e. The van der Waals surface area contributed by atoms with E-state index in [1.165, 1.54) is 229 Å². The molecule has 0 spiro atoms. The van der Waals surface area contributed by atoms with Crippen LogP contribution in [0.4, 0.5) is 11.4 Å². The van der Waals surface area contributed by atoms with Gasteiger partial charge in [-0.15, -0.1) is 0 Å². The van der Waals surface area contributed by atoms with E-state index < -0.39 is 0 Å². The number of aliphatic imine (C=N–C) groups is 2. The van der Waals surface area contributed by atoms with E-state index in [2.05, 4.69) is 99.8 Å². The van der Waals surface area contributed by atoms with Gasteiger partial charge in [0.1, 0.15) is 0 Å². The zero-order valence-electron chi connectivity index (χ0n) is 42.5. The van der Waals surface area contributed by atoms with E-state index in [-0.39, 0.29) is 16.5 Å². The summed E-state index contributed by atoms with van der Waals surface area (Å²) in [6.07, 6.45) is 65.5. The summed E-state index contributed by atoms with van der Waals surface area (Å²) in [6, 6.07) is 17.5. The van der Waals surface area contributed by atoms with E-state index in [9.17, 15) is 0 Å². The predicted octanol–water partition coefficient (Wildman–Crippen LogP) is 21.2. The zero-order chi connectivity index (χ0) is 44.8. The molecule has 64 heavy (non-hydrogen) atoms. The number of hydrogen-bond donors (Lipinski definition) is 0. The van der Waals surface area contributed by atoms with E-state index in [1.807, 2.05) is 0 Å². The molecule has 0 aromatic heterocycles. The number of hydrogen-bond acceptors (Lipinski definition) is 2. The maximum atomic E-state index is 5.27.